The zero-order valence-electron chi connectivity index (χ0n) is 12.7. The van der Waals surface area contributed by atoms with Gasteiger partial charge in [-0.1, -0.05) is 68.4 Å². The molecule has 1 nitrogen and oxygen atoms in total. The van der Waals surface area contributed by atoms with Crippen molar-refractivity contribution in [2.75, 3.05) is 0 Å². The van der Waals surface area contributed by atoms with Gasteiger partial charge in [-0.3, -0.25) is 0 Å². The highest BCUT2D eigenvalue weighted by Gasteiger charge is 2.12. The van der Waals surface area contributed by atoms with Crippen molar-refractivity contribution in [3.8, 4) is 5.75 Å². The maximum Gasteiger partial charge on any atom is 0.198 e. The molecule has 110 valence electrons. The Morgan fingerprint density at radius 2 is 1.55 bits per heavy atom. The molecule has 0 saturated heterocycles. The molecule has 0 fully saturated rings. The topological polar surface area (TPSA) is 9.23 Å². The molecule has 2 heteroatoms. The Labute approximate surface area is 136 Å². The van der Waals surface area contributed by atoms with E-state index in [1.54, 1.807) is 0 Å². The van der Waals surface area contributed by atoms with Crippen LogP contribution in [-0.4, -0.2) is 5.05 Å². The van der Waals surface area contributed by atoms with E-state index in [0.717, 1.165) is 16.7 Å². The van der Waals surface area contributed by atoms with Crippen molar-refractivity contribution in [1.82, 2.24) is 0 Å². The molecule has 0 radical (unpaired) electrons. The Morgan fingerprint density at radius 1 is 0.864 bits per heavy atom. The maximum absolute atomic E-state index is 6.03. The molecule has 0 bridgehead atoms. The van der Waals surface area contributed by atoms with Crippen LogP contribution in [0.25, 0.3) is 10.8 Å². The summed E-state index contributed by atoms with van der Waals surface area (Å²) in [6, 6.07) is 22.4. The van der Waals surface area contributed by atoms with Crippen LogP contribution >= 0.6 is 12.2 Å². The second-order valence-corrected chi connectivity index (χ2v) is 5.98. The number of ether oxygens (including phenoxy) is 1. The van der Waals surface area contributed by atoms with Crippen LogP contribution in [0, 0.1) is 0 Å². The third kappa shape index (κ3) is 2.88. The summed E-state index contributed by atoms with van der Waals surface area (Å²) in [7, 11) is 0. The summed E-state index contributed by atoms with van der Waals surface area (Å²) >= 11 is 5.55. The van der Waals surface area contributed by atoms with Crippen LogP contribution in [-0.2, 0) is 0 Å². The standard InChI is InChI=1S/C20H18OS/c1-14(2)16-10-5-6-13-19(16)21-20(22)18-12-7-9-15-8-3-4-11-17(15)18/h3-14H,1-2H3. The average Bonchev–Trinajstić information content (AvgIpc) is 2.54. The van der Waals surface area contributed by atoms with Crippen molar-refractivity contribution >= 4 is 28.0 Å². The lowest BCUT2D eigenvalue weighted by Crippen LogP contribution is -2.09. The molecule has 0 saturated carbocycles. The Hall–Kier alpha value is -2.19. The Balaban J connectivity index is 1.98. The fourth-order valence-corrected chi connectivity index (χ4v) is 2.88. The van der Waals surface area contributed by atoms with Crippen molar-refractivity contribution in [1.29, 1.82) is 0 Å². The number of benzene rings is 3. The molecule has 0 amide bonds. The fraction of sp³-hybridized carbons (Fsp3) is 0.150. The predicted molar refractivity (Wildman–Crippen MR) is 96.8 cm³/mol. The van der Waals surface area contributed by atoms with E-state index in [2.05, 4.69) is 38.1 Å². The molecule has 0 unspecified atom stereocenters. The van der Waals surface area contributed by atoms with Gasteiger partial charge in [0.15, 0.2) is 5.05 Å². The number of hydrogen-bond donors (Lipinski definition) is 0. The van der Waals surface area contributed by atoms with Crippen molar-refractivity contribution in [2.45, 2.75) is 19.8 Å². The molecule has 0 spiro atoms. The van der Waals surface area contributed by atoms with E-state index < -0.39 is 0 Å². The number of fused-ring (bicyclic) bond motifs is 1. The second kappa shape index (κ2) is 6.29. The van der Waals surface area contributed by atoms with Crippen LogP contribution in [0.15, 0.2) is 66.7 Å². The monoisotopic (exact) mass is 306 g/mol. The van der Waals surface area contributed by atoms with Gasteiger partial charge < -0.3 is 4.74 Å². The summed E-state index contributed by atoms with van der Waals surface area (Å²) in [5.74, 6) is 1.24. The molecule has 0 aliphatic heterocycles. The Kier molecular flexibility index (Phi) is 4.21. The number of para-hydroxylation sites is 1. The third-order valence-electron chi connectivity index (χ3n) is 3.75. The highest BCUT2D eigenvalue weighted by atomic mass is 32.1. The normalized spacial score (nSPS) is 10.9. The fourth-order valence-electron chi connectivity index (χ4n) is 2.61. The van der Waals surface area contributed by atoms with Crippen molar-refractivity contribution in [3.05, 3.63) is 77.9 Å². The number of hydrogen-bond acceptors (Lipinski definition) is 2. The van der Waals surface area contributed by atoms with Crippen LogP contribution in [0.3, 0.4) is 0 Å². The van der Waals surface area contributed by atoms with E-state index >= 15 is 0 Å². The lowest BCUT2D eigenvalue weighted by molar-refractivity contribution is 0.553. The van der Waals surface area contributed by atoms with E-state index in [1.807, 2.05) is 42.5 Å². The van der Waals surface area contributed by atoms with Crippen LogP contribution in [0.4, 0.5) is 0 Å². The highest BCUT2D eigenvalue weighted by molar-refractivity contribution is 7.80. The molecular weight excluding hydrogens is 288 g/mol. The van der Waals surface area contributed by atoms with E-state index in [-0.39, 0.29) is 0 Å². The molecule has 0 aliphatic rings. The lowest BCUT2D eigenvalue weighted by Gasteiger charge is -2.15. The minimum absolute atomic E-state index is 0.395. The third-order valence-corrected chi connectivity index (χ3v) is 4.06. The molecule has 3 aromatic carbocycles. The summed E-state index contributed by atoms with van der Waals surface area (Å²) < 4.78 is 6.03. The molecule has 0 aromatic heterocycles. The van der Waals surface area contributed by atoms with Gasteiger partial charge in [-0.25, -0.2) is 0 Å². The van der Waals surface area contributed by atoms with Crippen LogP contribution in [0.5, 0.6) is 5.75 Å². The van der Waals surface area contributed by atoms with Crippen molar-refractivity contribution in [3.63, 3.8) is 0 Å². The highest BCUT2D eigenvalue weighted by Crippen LogP contribution is 2.28. The van der Waals surface area contributed by atoms with Gasteiger partial charge in [0.2, 0.25) is 0 Å². The summed E-state index contributed by atoms with van der Waals surface area (Å²) in [6.07, 6.45) is 0. The van der Waals surface area contributed by atoms with Crippen LogP contribution < -0.4 is 4.74 Å². The first-order valence-electron chi connectivity index (χ1n) is 7.45. The molecule has 0 heterocycles. The van der Waals surface area contributed by atoms with Gasteiger partial charge in [0.05, 0.1) is 0 Å². The Morgan fingerprint density at radius 3 is 2.36 bits per heavy atom. The summed E-state index contributed by atoms with van der Waals surface area (Å²) in [5.41, 5.74) is 2.14. The smallest absolute Gasteiger partial charge is 0.198 e. The van der Waals surface area contributed by atoms with E-state index in [4.69, 9.17) is 17.0 Å². The number of rotatable bonds is 3. The zero-order valence-corrected chi connectivity index (χ0v) is 13.6. The Bertz CT molecular complexity index is 815. The largest absolute Gasteiger partial charge is 0.445 e. The maximum atomic E-state index is 6.03. The molecule has 0 N–H and O–H groups in total. The van der Waals surface area contributed by atoms with Crippen molar-refractivity contribution < 1.29 is 4.74 Å². The van der Waals surface area contributed by atoms with Gasteiger partial charge in [-0.15, -0.1) is 0 Å². The molecule has 3 aromatic rings. The molecule has 3 rings (SSSR count). The zero-order chi connectivity index (χ0) is 15.5. The van der Waals surface area contributed by atoms with Gasteiger partial charge in [0, 0.05) is 5.56 Å². The molecule has 0 aliphatic carbocycles. The lowest BCUT2D eigenvalue weighted by atomic mass is 10.0. The second-order valence-electron chi connectivity index (χ2n) is 5.61. The van der Waals surface area contributed by atoms with Crippen LogP contribution in [0.1, 0.15) is 30.9 Å². The van der Waals surface area contributed by atoms with E-state index in [1.165, 1.54) is 10.9 Å². The molecule has 22 heavy (non-hydrogen) atoms. The first-order valence-corrected chi connectivity index (χ1v) is 7.86. The van der Waals surface area contributed by atoms with Gasteiger partial charge in [-0.05, 0) is 46.6 Å². The van der Waals surface area contributed by atoms with E-state index in [0.29, 0.717) is 11.0 Å². The first-order chi connectivity index (χ1) is 10.7. The summed E-state index contributed by atoms with van der Waals surface area (Å²) in [6.45, 7) is 4.31. The summed E-state index contributed by atoms with van der Waals surface area (Å²) in [5, 5.41) is 2.81. The quantitative estimate of drug-likeness (QED) is 0.572. The van der Waals surface area contributed by atoms with Crippen LogP contribution in [0.2, 0.25) is 0 Å². The van der Waals surface area contributed by atoms with Crippen molar-refractivity contribution in [2.24, 2.45) is 0 Å². The predicted octanol–water partition coefficient (Wildman–Crippen LogP) is 5.72. The SMILES string of the molecule is CC(C)c1ccccc1OC(=S)c1cccc2ccccc12. The van der Waals surface area contributed by atoms with E-state index in [9.17, 15) is 0 Å². The number of thiocarbonyl (C=S) groups is 1. The van der Waals surface area contributed by atoms with Gasteiger partial charge in [-0.2, -0.15) is 0 Å². The minimum Gasteiger partial charge on any atom is -0.445 e. The minimum atomic E-state index is 0.395. The molecule has 0 atom stereocenters. The molecular formula is C20H18OS. The van der Waals surface area contributed by atoms with Gasteiger partial charge >= 0.3 is 0 Å². The average molecular weight is 306 g/mol. The van der Waals surface area contributed by atoms with Gasteiger partial charge in [0.1, 0.15) is 5.75 Å². The van der Waals surface area contributed by atoms with Gasteiger partial charge in [0.25, 0.3) is 0 Å². The summed E-state index contributed by atoms with van der Waals surface area (Å²) in [4.78, 5) is 0. The first kappa shape index (κ1) is 14.7.